The zero-order valence-electron chi connectivity index (χ0n) is 15.0. The Morgan fingerprint density at radius 2 is 1.29 bits per heavy atom. The standard InChI is InChI=1S/C8H20N.C8H18O3S/c1-5-9(6-2,7-3)8-4;1-8(2)6-4-3-5-7-12(9,10)11/h5-8H2,1-4H3;8H,3-7H2,1-2H3,(H,9,10,11)/q+1;/p-1. The lowest BCUT2D eigenvalue weighted by atomic mass is 10.1. The predicted molar refractivity (Wildman–Crippen MR) is 90.3 cm³/mol. The summed E-state index contributed by atoms with van der Waals surface area (Å²) in [6, 6.07) is 0. The second kappa shape index (κ2) is 12.4. The van der Waals surface area contributed by atoms with Crippen LogP contribution in [-0.4, -0.2) is 49.4 Å². The third-order valence-corrected chi connectivity index (χ3v) is 5.15. The van der Waals surface area contributed by atoms with Crippen molar-refractivity contribution in [3.05, 3.63) is 0 Å². The first-order valence-electron chi connectivity index (χ1n) is 8.44. The highest BCUT2D eigenvalue weighted by Crippen LogP contribution is 2.08. The third kappa shape index (κ3) is 14.6. The lowest BCUT2D eigenvalue weighted by Crippen LogP contribution is -2.47. The molecule has 0 aromatic rings. The van der Waals surface area contributed by atoms with E-state index in [9.17, 15) is 13.0 Å². The predicted octanol–water partition coefficient (Wildman–Crippen LogP) is 3.63. The van der Waals surface area contributed by atoms with Crippen LogP contribution in [0.3, 0.4) is 0 Å². The SMILES string of the molecule is CC(C)CCCCCS(=O)(=O)[O-].CC[N+](CC)(CC)CC. The normalized spacial score (nSPS) is 12.2. The van der Waals surface area contributed by atoms with Crippen molar-refractivity contribution < 1.29 is 17.5 Å². The van der Waals surface area contributed by atoms with Crippen molar-refractivity contribution in [2.75, 3.05) is 31.9 Å². The first kappa shape index (κ1) is 23.1. The summed E-state index contributed by atoms with van der Waals surface area (Å²) in [5, 5.41) is 0. The van der Waals surface area contributed by atoms with E-state index >= 15 is 0 Å². The van der Waals surface area contributed by atoms with E-state index in [4.69, 9.17) is 0 Å². The summed E-state index contributed by atoms with van der Waals surface area (Å²) in [6.45, 7) is 18.5. The topological polar surface area (TPSA) is 57.2 Å². The molecule has 0 atom stereocenters. The van der Waals surface area contributed by atoms with Gasteiger partial charge < -0.3 is 9.04 Å². The molecule has 0 unspecified atom stereocenters. The lowest BCUT2D eigenvalue weighted by Gasteiger charge is -2.34. The summed E-state index contributed by atoms with van der Waals surface area (Å²) < 4.78 is 31.8. The van der Waals surface area contributed by atoms with Crippen LogP contribution in [0.15, 0.2) is 0 Å². The molecule has 0 amide bonds. The van der Waals surface area contributed by atoms with E-state index in [0.29, 0.717) is 12.3 Å². The Kier molecular flexibility index (Phi) is 13.7. The quantitative estimate of drug-likeness (QED) is 0.350. The van der Waals surface area contributed by atoms with E-state index in [1.165, 1.54) is 30.7 Å². The Labute approximate surface area is 133 Å². The highest BCUT2D eigenvalue weighted by molar-refractivity contribution is 7.85. The van der Waals surface area contributed by atoms with Crippen LogP contribution in [0.25, 0.3) is 0 Å². The van der Waals surface area contributed by atoms with Crippen LogP contribution in [0.2, 0.25) is 0 Å². The van der Waals surface area contributed by atoms with Crippen molar-refractivity contribution in [2.24, 2.45) is 5.92 Å². The smallest absolute Gasteiger partial charge is 0.0945 e. The maximum atomic E-state index is 10.2. The van der Waals surface area contributed by atoms with Gasteiger partial charge in [0.1, 0.15) is 0 Å². The highest BCUT2D eigenvalue weighted by atomic mass is 32.2. The van der Waals surface area contributed by atoms with E-state index in [-0.39, 0.29) is 5.75 Å². The summed E-state index contributed by atoms with van der Waals surface area (Å²) in [5.41, 5.74) is 0. The summed E-state index contributed by atoms with van der Waals surface area (Å²) in [6.07, 6.45) is 3.49. The van der Waals surface area contributed by atoms with Gasteiger partial charge in [-0.2, -0.15) is 0 Å². The molecule has 0 aromatic carbocycles. The van der Waals surface area contributed by atoms with Crippen molar-refractivity contribution in [2.45, 2.75) is 67.2 Å². The van der Waals surface area contributed by atoms with Crippen LogP contribution in [0.5, 0.6) is 0 Å². The molecule has 0 N–H and O–H groups in total. The number of rotatable bonds is 10. The second-order valence-corrected chi connectivity index (χ2v) is 7.64. The molecule has 0 bridgehead atoms. The molecule has 0 fully saturated rings. The molecule has 5 heteroatoms. The van der Waals surface area contributed by atoms with Gasteiger partial charge in [-0.1, -0.05) is 33.1 Å². The Morgan fingerprint density at radius 3 is 1.52 bits per heavy atom. The number of hydrogen-bond acceptors (Lipinski definition) is 3. The molecule has 0 aromatic heterocycles. The van der Waals surface area contributed by atoms with Crippen molar-refractivity contribution >= 4 is 10.1 Å². The summed E-state index contributed by atoms with van der Waals surface area (Å²) in [4.78, 5) is 0. The summed E-state index contributed by atoms with van der Waals surface area (Å²) >= 11 is 0. The molecule has 0 rings (SSSR count). The van der Waals surface area contributed by atoms with Gasteiger partial charge in [0.05, 0.1) is 36.3 Å². The van der Waals surface area contributed by atoms with Gasteiger partial charge >= 0.3 is 0 Å². The number of unbranched alkanes of at least 4 members (excludes halogenated alkanes) is 2. The minimum Gasteiger partial charge on any atom is -0.748 e. The summed E-state index contributed by atoms with van der Waals surface area (Å²) in [7, 11) is -3.97. The summed E-state index contributed by atoms with van der Waals surface area (Å²) in [5.74, 6) is 0.458. The molecule has 0 aliphatic carbocycles. The zero-order chi connectivity index (χ0) is 16.9. The van der Waals surface area contributed by atoms with Gasteiger partial charge in [0.25, 0.3) is 0 Å². The largest absolute Gasteiger partial charge is 0.748 e. The molecule has 0 aliphatic rings. The molecule has 0 radical (unpaired) electrons. The van der Waals surface area contributed by atoms with E-state index < -0.39 is 10.1 Å². The fourth-order valence-electron chi connectivity index (χ4n) is 2.35. The van der Waals surface area contributed by atoms with Crippen molar-refractivity contribution in [1.29, 1.82) is 0 Å². The fourth-order valence-corrected chi connectivity index (χ4v) is 2.91. The number of hydrogen-bond donors (Lipinski definition) is 0. The van der Waals surface area contributed by atoms with Crippen LogP contribution in [0, 0.1) is 5.92 Å². The third-order valence-electron chi connectivity index (χ3n) is 4.36. The van der Waals surface area contributed by atoms with E-state index in [0.717, 1.165) is 19.3 Å². The Balaban J connectivity index is 0. The first-order chi connectivity index (χ1) is 9.66. The Bertz CT molecular complexity index is 305. The van der Waals surface area contributed by atoms with Crippen molar-refractivity contribution in [1.82, 2.24) is 0 Å². The molecule has 0 saturated heterocycles. The molecule has 0 saturated carbocycles. The van der Waals surface area contributed by atoms with Crippen LogP contribution >= 0.6 is 0 Å². The van der Waals surface area contributed by atoms with Crippen LogP contribution in [0.1, 0.15) is 67.2 Å². The van der Waals surface area contributed by atoms with E-state index in [2.05, 4.69) is 41.5 Å². The molecule has 130 valence electrons. The maximum Gasteiger partial charge on any atom is 0.0945 e. The van der Waals surface area contributed by atoms with Gasteiger partial charge in [0.2, 0.25) is 0 Å². The minimum absolute atomic E-state index is 0.203. The number of quaternary nitrogens is 1. The molecule has 0 spiro atoms. The van der Waals surface area contributed by atoms with Gasteiger partial charge in [-0.05, 0) is 40.0 Å². The van der Waals surface area contributed by atoms with Gasteiger partial charge in [-0.3, -0.25) is 0 Å². The molecule has 4 nitrogen and oxygen atoms in total. The molecule has 0 aliphatic heterocycles. The van der Waals surface area contributed by atoms with Crippen LogP contribution in [0.4, 0.5) is 0 Å². The van der Waals surface area contributed by atoms with Crippen molar-refractivity contribution in [3.8, 4) is 0 Å². The van der Waals surface area contributed by atoms with Gasteiger partial charge in [-0.15, -0.1) is 0 Å². The van der Waals surface area contributed by atoms with Gasteiger partial charge in [-0.25, -0.2) is 8.42 Å². The monoisotopic (exact) mass is 323 g/mol. The van der Waals surface area contributed by atoms with Crippen molar-refractivity contribution in [3.63, 3.8) is 0 Å². The molecular formula is C16H37NO3S. The number of nitrogens with zero attached hydrogens (tertiary/aromatic N) is 1. The minimum atomic E-state index is -3.97. The fraction of sp³-hybridized carbons (Fsp3) is 1.00. The highest BCUT2D eigenvalue weighted by Gasteiger charge is 2.16. The Morgan fingerprint density at radius 1 is 0.857 bits per heavy atom. The van der Waals surface area contributed by atoms with E-state index in [1.807, 2.05) is 0 Å². The van der Waals surface area contributed by atoms with Gasteiger partial charge in [0.15, 0.2) is 0 Å². The second-order valence-electron chi connectivity index (χ2n) is 6.11. The molecule has 21 heavy (non-hydrogen) atoms. The van der Waals surface area contributed by atoms with Crippen LogP contribution in [-0.2, 0) is 10.1 Å². The van der Waals surface area contributed by atoms with Gasteiger partial charge in [0, 0.05) is 5.75 Å². The average Bonchev–Trinajstić information content (AvgIpc) is 2.41. The average molecular weight is 324 g/mol. The Hall–Kier alpha value is -0.130. The lowest BCUT2D eigenvalue weighted by molar-refractivity contribution is -0.921. The molecular weight excluding hydrogens is 286 g/mol. The zero-order valence-corrected chi connectivity index (χ0v) is 15.8. The van der Waals surface area contributed by atoms with E-state index in [1.54, 1.807) is 0 Å². The maximum absolute atomic E-state index is 10.2. The first-order valence-corrected chi connectivity index (χ1v) is 10.0. The molecule has 0 heterocycles. The van der Waals surface area contributed by atoms with Crippen LogP contribution < -0.4 is 0 Å².